The predicted molar refractivity (Wildman–Crippen MR) is 112 cm³/mol. The first-order valence-corrected chi connectivity index (χ1v) is 10.8. The molecule has 2 fully saturated rings. The van der Waals surface area contributed by atoms with Crippen molar-refractivity contribution >= 4 is 5.78 Å². The molecule has 0 amide bonds. The lowest BCUT2D eigenvalue weighted by atomic mass is 9.95. The summed E-state index contributed by atoms with van der Waals surface area (Å²) < 4.78 is 11.1. The summed E-state index contributed by atoms with van der Waals surface area (Å²) in [6.45, 7) is 9.74. The van der Waals surface area contributed by atoms with Crippen molar-refractivity contribution in [2.45, 2.75) is 45.3 Å². The van der Waals surface area contributed by atoms with Gasteiger partial charge in [0.25, 0.3) is 0 Å². The first kappa shape index (κ1) is 21.4. The summed E-state index contributed by atoms with van der Waals surface area (Å²) in [5.41, 5.74) is 2.03. The molecule has 1 atom stereocenters. The number of hydrogen-bond donors (Lipinski definition) is 0. The van der Waals surface area contributed by atoms with Crippen LogP contribution in [0.1, 0.15) is 48.5 Å². The number of nitrogens with zero attached hydrogens (tertiary/aromatic N) is 2. The van der Waals surface area contributed by atoms with Crippen LogP contribution >= 0.6 is 0 Å². The van der Waals surface area contributed by atoms with Gasteiger partial charge in [0.05, 0.1) is 12.7 Å². The van der Waals surface area contributed by atoms with Gasteiger partial charge in [-0.1, -0.05) is 18.2 Å². The Morgan fingerprint density at radius 1 is 1.25 bits per heavy atom. The number of rotatable bonds is 10. The third-order valence-electron chi connectivity index (χ3n) is 6.06. The molecule has 0 saturated carbocycles. The van der Waals surface area contributed by atoms with E-state index in [0.29, 0.717) is 6.10 Å². The molecule has 156 valence electrons. The second-order valence-electron chi connectivity index (χ2n) is 8.36. The molecule has 0 radical (unpaired) electrons. The van der Waals surface area contributed by atoms with Gasteiger partial charge in [0.15, 0.2) is 5.78 Å². The van der Waals surface area contributed by atoms with Crippen LogP contribution in [-0.2, 0) is 16.0 Å². The molecule has 0 N–H and O–H groups in total. The Labute approximate surface area is 170 Å². The Bertz CT molecular complexity index is 608. The monoisotopic (exact) mass is 388 g/mol. The molecule has 28 heavy (non-hydrogen) atoms. The average Bonchev–Trinajstić information content (AvgIpc) is 3.20. The van der Waals surface area contributed by atoms with Crippen molar-refractivity contribution in [1.82, 2.24) is 9.80 Å². The zero-order valence-corrected chi connectivity index (χ0v) is 17.6. The topological polar surface area (TPSA) is 42.0 Å². The molecule has 0 aliphatic carbocycles. The summed E-state index contributed by atoms with van der Waals surface area (Å²) in [5, 5.41) is 0. The van der Waals surface area contributed by atoms with Crippen molar-refractivity contribution in [3.63, 3.8) is 0 Å². The number of benzene rings is 1. The molecule has 1 aromatic rings. The maximum Gasteiger partial charge on any atom is 0.159 e. The van der Waals surface area contributed by atoms with Gasteiger partial charge in [-0.3, -0.25) is 9.69 Å². The third kappa shape index (κ3) is 6.66. The number of piperidine rings is 1. The minimum atomic E-state index is 0.135. The van der Waals surface area contributed by atoms with Crippen molar-refractivity contribution in [2.75, 3.05) is 53.0 Å². The van der Waals surface area contributed by atoms with Crippen LogP contribution in [0.2, 0.25) is 0 Å². The standard InChI is InChI=1S/C23H36N2O3/c1-19(26)22-6-3-5-21(15-22)17-25(18-23-7-4-13-28-23)16-20-8-10-24(11-9-20)12-14-27-2/h3,5-6,15,20,23H,4,7-14,16-18H2,1-2H3/t23-/m1/s1. The fourth-order valence-corrected chi connectivity index (χ4v) is 4.40. The van der Waals surface area contributed by atoms with Crippen LogP contribution in [0.25, 0.3) is 0 Å². The van der Waals surface area contributed by atoms with E-state index in [1.807, 2.05) is 12.1 Å². The summed E-state index contributed by atoms with van der Waals surface area (Å²) in [7, 11) is 1.77. The summed E-state index contributed by atoms with van der Waals surface area (Å²) in [4.78, 5) is 16.8. The zero-order valence-electron chi connectivity index (χ0n) is 17.6. The maximum atomic E-state index is 11.7. The Balaban J connectivity index is 1.57. The van der Waals surface area contributed by atoms with Crippen LogP contribution in [0.4, 0.5) is 0 Å². The van der Waals surface area contributed by atoms with Gasteiger partial charge in [0.2, 0.25) is 0 Å². The lowest BCUT2D eigenvalue weighted by Crippen LogP contribution is -2.41. The molecule has 2 aliphatic heterocycles. The van der Waals surface area contributed by atoms with Gasteiger partial charge < -0.3 is 14.4 Å². The molecule has 5 nitrogen and oxygen atoms in total. The van der Waals surface area contributed by atoms with Crippen molar-refractivity contribution in [3.8, 4) is 0 Å². The first-order chi connectivity index (χ1) is 13.6. The highest BCUT2D eigenvalue weighted by molar-refractivity contribution is 5.94. The summed E-state index contributed by atoms with van der Waals surface area (Å²) in [6.07, 6.45) is 5.20. The van der Waals surface area contributed by atoms with Gasteiger partial charge in [-0.15, -0.1) is 0 Å². The normalized spacial score (nSPS) is 21.5. The molecule has 0 unspecified atom stereocenters. The van der Waals surface area contributed by atoms with Crippen molar-refractivity contribution in [3.05, 3.63) is 35.4 Å². The number of likely N-dealkylation sites (tertiary alicyclic amines) is 1. The van der Waals surface area contributed by atoms with E-state index in [1.54, 1.807) is 14.0 Å². The minimum absolute atomic E-state index is 0.135. The smallest absolute Gasteiger partial charge is 0.159 e. The van der Waals surface area contributed by atoms with Crippen LogP contribution in [0.5, 0.6) is 0 Å². The van der Waals surface area contributed by atoms with E-state index in [-0.39, 0.29) is 5.78 Å². The van der Waals surface area contributed by atoms with E-state index in [1.165, 1.54) is 44.3 Å². The van der Waals surface area contributed by atoms with Gasteiger partial charge in [0.1, 0.15) is 0 Å². The second-order valence-corrected chi connectivity index (χ2v) is 8.36. The molecule has 2 aliphatic rings. The molecule has 2 heterocycles. The quantitative estimate of drug-likeness (QED) is 0.576. The van der Waals surface area contributed by atoms with Gasteiger partial charge in [-0.2, -0.15) is 0 Å². The summed E-state index contributed by atoms with van der Waals surface area (Å²) in [6, 6.07) is 8.11. The molecule has 0 spiro atoms. The van der Waals surface area contributed by atoms with E-state index in [2.05, 4.69) is 21.9 Å². The van der Waals surface area contributed by atoms with Crippen molar-refractivity contribution in [1.29, 1.82) is 0 Å². The van der Waals surface area contributed by atoms with Gasteiger partial charge in [0, 0.05) is 45.5 Å². The van der Waals surface area contributed by atoms with Crippen LogP contribution in [-0.4, -0.2) is 74.7 Å². The molecule has 1 aromatic carbocycles. The maximum absolute atomic E-state index is 11.7. The minimum Gasteiger partial charge on any atom is -0.383 e. The fraction of sp³-hybridized carbons (Fsp3) is 0.696. The van der Waals surface area contributed by atoms with E-state index < -0.39 is 0 Å². The number of Topliss-reactive ketones (excluding diaryl/α,β-unsaturated/α-hetero) is 1. The van der Waals surface area contributed by atoms with Crippen molar-refractivity contribution < 1.29 is 14.3 Å². The Morgan fingerprint density at radius 2 is 2.07 bits per heavy atom. The first-order valence-electron chi connectivity index (χ1n) is 10.8. The summed E-state index contributed by atoms with van der Waals surface area (Å²) >= 11 is 0. The molecule has 5 heteroatoms. The molecule has 3 rings (SSSR count). The van der Waals surface area contributed by atoms with Crippen molar-refractivity contribution in [2.24, 2.45) is 5.92 Å². The number of carbonyl (C=O) groups excluding carboxylic acids is 1. The molecular weight excluding hydrogens is 352 g/mol. The molecule has 0 aromatic heterocycles. The van der Waals surface area contributed by atoms with E-state index in [0.717, 1.165) is 50.9 Å². The number of carbonyl (C=O) groups is 1. The Hall–Kier alpha value is -1.27. The highest BCUT2D eigenvalue weighted by Gasteiger charge is 2.24. The molecular formula is C23H36N2O3. The largest absolute Gasteiger partial charge is 0.383 e. The van der Waals surface area contributed by atoms with E-state index >= 15 is 0 Å². The zero-order chi connectivity index (χ0) is 19.8. The van der Waals surface area contributed by atoms with Crippen LogP contribution in [0.15, 0.2) is 24.3 Å². The number of ether oxygens (including phenoxy) is 2. The highest BCUT2D eigenvalue weighted by Crippen LogP contribution is 2.22. The molecule has 0 bridgehead atoms. The lowest BCUT2D eigenvalue weighted by molar-refractivity contribution is 0.0551. The SMILES string of the molecule is COCCN1CCC(CN(Cc2cccc(C(C)=O)c2)C[C@H]2CCCO2)CC1. The summed E-state index contributed by atoms with van der Waals surface area (Å²) in [5.74, 6) is 0.868. The van der Waals surface area contributed by atoms with E-state index in [9.17, 15) is 4.79 Å². The average molecular weight is 389 g/mol. The van der Waals surface area contributed by atoms with E-state index in [4.69, 9.17) is 9.47 Å². The Kier molecular flexibility index (Phi) is 8.46. The van der Waals surface area contributed by atoms with Crippen LogP contribution in [0.3, 0.4) is 0 Å². The second kappa shape index (κ2) is 11.1. The van der Waals surface area contributed by atoms with Gasteiger partial charge in [-0.25, -0.2) is 0 Å². The van der Waals surface area contributed by atoms with Gasteiger partial charge in [-0.05, 0) is 63.2 Å². The number of methoxy groups -OCH3 is 1. The Morgan fingerprint density at radius 3 is 2.75 bits per heavy atom. The number of ketones is 1. The van der Waals surface area contributed by atoms with Gasteiger partial charge >= 0.3 is 0 Å². The fourth-order valence-electron chi connectivity index (χ4n) is 4.40. The highest BCUT2D eigenvalue weighted by atomic mass is 16.5. The van der Waals surface area contributed by atoms with Crippen LogP contribution in [0, 0.1) is 5.92 Å². The molecule has 2 saturated heterocycles. The number of hydrogen-bond acceptors (Lipinski definition) is 5. The third-order valence-corrected chi connectivity index (χ3v) is 6.06. The lowest BCUT2D eigenvalue weighted by Gasteiger charge is -2.35. The predicted octanol–water partition coefficient (Wildman–Crippen LogP) is 3.23. The van der Waals surface area contributed by atoms with Crippen LogP contribution < -0.4 is 0 Å².